The van der Waals surface area contributed by atoms with Crippen LogP contribution in [-0.2, 0) is 9.84 Å². The maximum Gasteiger partial charge on any atom is 0.179 e. The molecule has 0 N–H and O–H groups in total. The van der Waals surface area contributed by atoms with Gasteiger partial charge in [0.15, 0.2) is 9.84 Å². The highest BCUT2D eigenvalue weighted by Gasteiger charge is 2.39. The van der Waals surface area contributed by atoms with Gasteiger partial charge in [0.25, 0.3) is 0 Å². The number of alkyl halides is 1. The zero-order chi connectivity index (χ0) is 15.0. The van der Waals surface area contributed by atoms with Gasteiger partial charge in [0.1, 0.15) is 0 Å². The second-order valence-electron chi connectivity index (χ2n) is 5.24. The van der Waals surface area contributed by atoms with Crippen molar-refractivity contribution in [3.8, 4) is 0 Å². The average molecular weight is 341 g/mol. The van der Waals surface area contributed by atoms with Crippen LogP contribution >= 0.6 is 23.2 Å². The molecule has 0 bridgehead atoms. The van der Waals surface area contributed by atoms with E-state index < -0.39 is 9.84 Å². The molecule has 2 unspecified atom stereocenters. The van der Waals surface area contributed by atoms with E-state index >= 15 is 0 Å². The molecule has 2 atom stereocenters. The summed E-state index contributed by atoms with van der Waals surface area (Å²) < 4.78 is 24.6. The first kappa shape index (κ1) is 14.9. The summed E-state index contributed by atoms with van der Waals surface area (Å²) in [6, 6.07) is 14.7. The van der Waals surface area contributed by atoms with E-state index in [1.165, 1.54) is 0 Å². The fourth-order valence-corrected chi connectivity index (χ4v) is 5.51. The summed E-state index contributed by atoms with van der Waals surface area (Å²) in [7, 11) is -3.22. The summed E-state index contributed by atoms with van der Waals surface area (Å²) in [5, 5.41) is 0.636. The highest BCUT2D eigenvalue weighted by atomic mass is 35.5. The molecule has 2 aromatic carbocycles. The molecule has 2 nitrogen and oxygen atoms in total. The lowest BCUT2D eigenvalue weighted by Gasteiger charge is -2.22. The molecule has 110 valence electrons. The van der Waals surface area contributed by atoms with Gasteiger partial charge >= 0.3 is 0 Å². The minimum atomic E-state index is -3.22. The lowest BCUT2D eigenvalue weighted by Crippen LogP contribution is -2.15. The summed E-state index contributed by atoms with van der Waals surface area (Å²) in [6.45, 7) is 0. The summed E-state index contributed by atoms with van der Waals surface area (Å²) in [4.78, 5) is 0.437. The molecule has 0 fully saturated rings. The second-order valence-corrected chi connectivity index (χ2v) is 7.99. The molecule has 0 aliphatic carbocycles. The minimum absolute atomic E-state index is 0.0659. The first-order chi connectivity index (χ1) is 10.0. The molecule has 3 rings (SSSR count). The highest BCUT2D eigenvalue weighted by molar-refractivity contribution is 7.91. The maximum atomic E-state index is 12.3. The molecular formula is C16H14Cl2O2S. The van der Waals surface area contributed by atoms with Crippen molar-refractivity contribution in [3.05, 3.63) is 64.7 Å². The molecule has 0 amide bonds. The van der Waals surface area contributed by atoms with Crippen LogP contribution in [0.3, 0.4) is 0 Å². The Hall–Kier alpha value is -1.03. The first-order valence-corrected chi connectivity index (χ1v) is 9.22. The molecule has 1 aliphatic rings. The predicted molar refractivity (Wildman–Crippen MR) is 86.1 cm³/mol. The Balaban J connectivity index is 2.08. The van der Waals surface area contributed by atoms with Crippen LogP contribution in [0, 0.1) is 0 Å². The van der Waals surface area contributed by atoms with Crippen LogP contribution in [0.5, 0.6) is 0 Å². The lowest BCUT2D eigenvalue weighted by molar-refractivity contribution is 0.588. The Bertz CT molecular complexity index is 771. The van der Waals surface area contributed by atoms with E-state index in [1.807, 2.05) is 30.3 Å². The third-order valence-electron chi connectivity index (χ3n) is 3.98. The first-order valence-electron chi connectivity index (χ1n) is 6.66. The number of benzene rings is 2. The fourth-order valence-electron chi connectivity index (χ4n) is 2.99. The van der Waals surface area contributed by atoms with Crippen molar-refractivity contribution in [2.75, 3.05) is 11.6 Å². The van der Waals surface area contributed by atoms with E-state index in [9.17, 15) is 8.42 Å². The highest BCUT2D eigenvalue weighted by Crippen LogP contribution is 2.44. The van der Waals surface area contributed by atoms with Crippen LogP contribution < -0.4 is 0 Å². The largest absolute Gasteiger partial charge is 0.224 e. The van der Waals surface area contributed by atoms with Gasteiger partial charge in [0.2, 0.25) is 0 Å². The van der Waals surface area contributed by atoms with Gasteiger partial charge in [0, 0.05) is 22.7 Å². The summed E-state index contributed by atoms with van der Waals surface area (Å²) in [5.41, 5.74) is 1.84. The van der Waals surface area contributed by atoms with Crippen molar-refractivity contribution < 1.29 is 8.42 Å². The third kappa shape index (κ3) is 2.70. The Kier molecular flexibility index (Phi) is 4.00. The molecule has 2 aromatic rings. The lowest BCUT2D eigenvalue weighted by atomic mass is 9.84. The van der Waals surface area contributed by atoms with Gasteiger partial charge in [-0.1, -0.05) is 41.9 Å². The molecule has 0 saturated carbocycles. The van der Waals surface area contributed by atoms with Crippen molar-refractivity contribution in [1.29, 1.82) is 0 Å². The fraction of sp³-hybridized carbons (Fsp3) is 0.250. The Morgan fingerprint density at radius 1 is 1.14 bits per heavy atom. The summed E-state index contributed by atoms with van der Waals surface area (Å²) >= 11 is 12.2. The van der Waals surface area contributed by atoms with E-state index in [1.54, 1.807) is 18.2 Å². The molecule has 1 aliphatic heterocycles. The van der Waals surface area contributed by atoms with Crippen LogP contribution in [0.25, 0.3) is 0 Å². The molecule has 0 spiro atoms. The Morgan fingerprint density at radius 3 is 2.62 bits per heavy atom. The second kappa shape index (κ2) is 5.64. The molecule has 5 heteroatoms. The maximum absolute atomic E-state index is 12.3. The number of hydrogen-bond acceptors (Lipinski definition) is 2. The monoisotopic (exact) mass is 340 g/mol. The topological polar surface area (TPSA) is 34.1 Å². The van der Waals surface area contributed by atoms with Gasteiger partial charge in [-0.3, -0.25) is 0 Å². The molecule has 0 aromatic heterocycles. The van der Waals surface area contributed by atoms with Crippen LogP contribution in [-0.4, -0.2) is 20.1 Å². The average Bonchev–Trinajstić information content (AvgIpc) is 2.73. The van der Waals surface area contributed by atoms with Crippen LogP contribution in [0.15, 0.2) is 53.4 Å². The number of rotatable bonds is 3. The molecular weight excluding hydrogens is 327 g/mol. The predicted octanol–water partition coefficient (Wildman–Crippen LogP) is 4.23. The van der Waals surface area contributed by atoms with E-state index in [-0.39, 0.29) is 17.6 Å². The van der Waals surface area contributed by atoms with E-state index in [0.717, 1.165) is 11.1 Å². The van der Waals surface area contributed by atoms with Crippen molar-refractivity contribution in [3.63, 3.8) is 0 Å². The standard InChI is InChI=1S/C16H14Cl2O2S/c17-9-14(11-4-3-5-12(18)8-11)15-10-21(19,20)16-7-2-1-6-13(15)16/h1-8,14-15H,9-10H2. The van der Waals surface area contributed by atoms with Crippen LogP contribution in [0.1, 0.15) is 23.0 Å². The minimum Gasteiger partial charge on any atom is -0.224 e. The molecule has 0 saturated heterocycles. The number of fused-ring (bicyclic) bond motifs is 1. The molecule has 1 heterocycles. The van der Waals surface area contributed by atoms with E-state index in [2.05, 4.69) is 0 Å². The molecule has 21 heavy (non-hydrogen) atoms. The van der Waals surface area contributed by atoms with Crippen LogP contribution in [0.2, 0.25) is 5.02 Å². The number of halogens is 2. The quantitative estimate of drug-likeness (QED) is 0.783. The zero-order valence-electron chi connectivity index (χ0n) is 11.2. The van der Waals surface area contributed by atoms with Crippen molar-refractivity contribution >= 4 is 33.0 Å². The normalized spacial score (nSPS) is 21.0. The van der Waals surface area contributed by atoms with E-state index in [0.29, 0.717) is 15.8 Å². The van der Waals surface area contributed by atoms with Crippen molar-refractivity contribution in [1.82, 2.24) is 0 Å². The Morgan fingerprint density at radius 2 is 1.90 bits per heavy atom. The van der Waals surface area contributed by atoms with E-state index in [4.69, 9.17) is 23.2 Å². The Labute approximate surface area is 134 Å². The zero-order valence-corrected chi connectivity index (χ0v) is 13.5. The molecule has 0 radical (unpaired) electrons. The van der Waals surface area contributed by atoms with Gasteiger partial charge in [-0.05, 0) is 29.3 Å². The summed E-state index contributed by atoms with van der Waals surface area (Å²) in [6.07, 6.45) is 0. The smallest absolute Gasteiger partial charge is 0.179 e. The van der Waals surface area contributed by atoms with Crippen molar-refractivity contribution in [2.24, 2.45) is 0 Å². The SMILES string of the molecule is O=S1(=O)CC(C(CCl)c2cccc(Cl)c2)c2ccccc21. The van der Waals surface area contributed by atoms with Gasteiger partial charge in [0.05, 0.1) is 10.6 Å². The van der Waals surface area contributed by atoms with Gasteiger partial charge < -0.3 is 0 Å². The summed E-state index contributed by atoms with van der Waals surface area (Å²) in [5.74, 6) is 0.274. The van der Waals surface area contributed by atoms with Gasteiger partial charge in [-0.25, -0.2) is 8.42 Å². The number of sulfone groups is 1. The number of hydrogen-bond donors (Lipinski definition) is 0. The third-order valence-corrected chi connectivity index (χ3v) is 6.39. The van der Waals surface area contributed by atoms with Gasteiger partial charge in [-0.15, -0.1) is 11.6 Å². The van der Waals surface area contributed by atoms with Crippen molar-refractivity contribution in [2.45, 2.75) is 16.7 Å². The van der Waals surface area contributed by atoms with Gasteiger partial charge in [-0.2, -0.15) is 0 Å². The van der Waals surface area contributed by atoms with Crippen LogP contribution in [0.4, 0.5) is 0 Å².